The monoisotopic (exact) mass is 396 g/mol. The largest absolute Gasteiger partial charge is 0.484 e. The molecule has 1 saturated heterocycles. The van der Waals surface area contributed by atoms with Gasteiger partial charge in [-0.2, -0.15) is 0 Å². The number of fused-ring (bicyclic) bond motifs is 1. The quantitative estimate of drug-likeness (QED) is 0.755. The van der Waals surface area contributed by atoms with Gasteiger partial charge in [0.15, 0.2) is 23.9 Å². The third-order valence-electron chi connectivity index (χ3n) is 4.74. The van der Waals surface area contributed by atoms with Crippen LogP contribution in [-0.4, -0.2) is 37.5 Å². The summed E-state index contributed by atoms with van der Waals surface area (Å²) in [7, 11) is 0. The van der Waals surface area contributed by atoms with E-state index in [1.165, 1.54) is 6.92 Å². The van der Waals surface area contributed by atoms with Crippen molar-refractivity contribution < 1.29 is 28.6 Å². The molecule has 0 atom stereocenters. The highest BCUT2D eigenvalue weighted by Gasteiger charge is 2.22. The number of hydrogen-bond acceptors (Lipinski definition) is 6. The average molecular weight is 396 g/mol. The summed E-state index contributed by atoms with van der Waals surface area (Å²) in [4.78, 5) is 37.9. The van der Waals surface area contributed by atoms with Gasteiger partial charge in [-0.1, -0.05) is 6.07 Å². The molecule has 2 heterocycles. The predicted molar refractivity (Wildman–Crippen MR) is 105 cm³/mol. The van der Waals surface area contributed by atoms with Crippen molar-refractivity contribution in [2.45, 2.75) is 19.8 Å². The molecule has 150 valence electrons. The Morgan fingerprint density at radius 1 is 1.17 bits per heavy atom. The number of carbonyl (C=O) groups excluding carboxylic acids is 3. The number of anilines is 2. The van der Waals surface area contributed by atoms with E-state index in [-0.39, 0.29) is 25.1 Å². The van der Waals surface area contributed by atoms with E-state index in [1.807, 2.05) is 6.07 Å². The van der Waals surface area contributed by atoms with Crippen LogP contribution in [0, 0.1) is 0 Å². The van der Waals surface area contributed by atoms with E-state index in [0.29, 0.717) is 41.5 Å². The van der Waals surface area contributed by atoms with Crippen molar-refractivity contribution in [3.63, 3.8) is 0 Å². The number of hydrogen-bond donors (Lipinski definition) is 1. The van der Waals surface area contributed by atoms with E-state index in [4.69, 9.17) is 14.2 Å². The number of nitrogens with one attached hydrogen (secondary N) is 1. The molecule has 0 saturated carbocycles. The highest BCUT2D eigenvalue weighted by atomic mass is 16.7. The fourth-order valence-corrected chi connectivity index (χ4v) is 3.33. The molecule has 2 amide bonds. The molecular formula is C21H20N2O6. The van der Waals surface area contributed by atoms with Gasteiger partial charge in [-0.05, 0) is 31.5 Å². The van der Waals surface area contributed by atoms with Gasteiger partial charge in [0.1, 0.15) is 5.75 Å². The van der Waals surface area contributed by atoms with Crippen LogP contribution in [0.1, 0.15) is 30.1 Å². The Bertz CT molecular complexity index is 987. The number of nitrogens with zero attached hydrogens (tertiary/aromatic N) is 1. The average Bonchev–Trinajstić information content (AvgIpc) is 3.34. The minimum absolute atomic E-state index is 0.0725. The first-order valence-electron chi connectivity index (χ1n) is 9.29. The molecule has 2 aromatic carbocycles. The van der Waals surface area contributed by atoms with Gasteiger partial charge in [-0.15, -0.1) is 0 Å². The van der Waals surface area contributed by atoms with E-state index in [0.717, 1.165) is 12.1 Å². The molecule has 0 spiro atoms. The highest BCUT2D eigenvalue weighted by molar-refractivity contribution is 6.05. The van der Waals surface area contributed by atoms with Crippen LogP contribution in [0.15, 0.2) is 36.4 Å². The van der Waals surface area contributed by atoms with Crippen LogP contribution >= 0.6 is 0 Å². The number of ketones is 1. The zero-order valence-corrected chi connectivity index (χ0v) is 15.9. The highest BCUT2D eigenvalue weighted by Crippen LogP contribution is 2.37. The standard InChI is InChI=1S/C21H20N2O6/c1-13(24)16-9-18-19(29-12-28-18)10-17(16)22-20(25)11-27-15-5-2-4-14(8-15)23-7-3-6-21(23)26/h2,4-5,8-10H,3,6-7,11-12H2,1H3,(H,22,25). The number of ether oxygens (including phenoxy) is 3. The third kappa shape index (κ3) is 4.01. The van der Waals surface area contributed by atoms with E-state index < -0.39 is 5.91 Å². The number of rotatable bonds is 6. The summed E-state index contributed by atoms with van der Waals surface area (Å²) >= 11 is 0. The lowest BCUT2D eigenvalue weighted by molar-refractivity contribution is -0.118. The molecule has 4 rings (SSSR count). The van der Waals surface area contributed by atoms with Gasteiger partial charge in [0.05, 0.1) is 5.69 Å². The van der Waals surface area contributed by atoms with Gasteiger partial charge in [0.25, 0.3) is 5.91 Å². The molecule has 0 aliphatic carbocycles. The topological polar surface area (TPSA) is 94.2 Å². The third-order valence-corrected chi connectivity index (χ3v) is 4.74. The zero-order valence-electron chi connectivity index (χ0n) is 15.9. The van der Waals surface area contributed by atoms with Crippen LogP contribution in [0.25, 0.3) is 0 Å². The maximum absolute atomic E-state index is 12.4. The summed E-state index contributed by atoms with van der Waals surface area (Å²) in [6.07, 6.45) is 1.38. The Labute approximate surface area is 167 Å². The normalized spacial score (nSPS) is 14.8. The van der Waals surface area contributed by atoms with Crippen molar-refractivity contribution in [2.75, 3.05) is 30.2 Å². The number of benzene rings is 2. The van der Waals surface area contributed by atoms with Gasteiger partial charge < -0.3 is 24.4 Å². The van der Waals surface area contributed by atoms with E-state index in [1.54, 1.807) is 35.2 Å². The summed E-state index contributed by atoms with van der Waals surface area (Å²) < 4.78 is 16.2. The molecule has 2 aliphatic heterocycles. The van der Waals surface area contributed by atoms with E-state index in [9.17, 15) is 14.4 Å². The van der Waals surface area contributed by atoms with Crippen LogP contribution < -0.4 is 24.4 Å². The van der Waals surface area contributed by atoms with Crippen molar-refractivity contribution in [1.29, 1.82) is 0 Å². The number of Topliss-reactive ketones (excluding diaryl/α,β-unsaturated/α-hetero) is 1. The molecule has 8 heteroatoms. The lowest BCUT2D eigenvalue weighted by atomic mass is 10.1. The molecule has 1 fully saturated rings. The van der Waals surface area contributed by atoms with Gasteiger partial charge in [0.2, 0.25) is 12.7 Å². The van der Waals surface area contributed by atoms with Crippen LogP contribution in [0.2, 0.25) is 0 Å². The second-order valence-electron chi connectivity index (χ2n) is 6.79. The molecule has 2 aliphatic rings. The Morgan fingerprint density at radius 3 is 2.69 bits per heavy atom. The Morgan fingerprint density at radius 2 is 1.97 bits per heavy atom. The second kappa shape index (κ2) is 7.83. The first-order valence-corrected chi connectivity index (χ1v) is 9.29. The molecular weight excluding hydrogens is 376 g/mol. The fraction of sp³-hybridized carbons (Fsp3) is 0.286. The molecule has 8 nitrogen and oxygen atoms in total. The van der Waals surface area contributed by atoms with Crippen LogP contribution in [0.5, 0.6) is 17.2 Å². The summed E-state index contributed by atoms with van der Waals surface area (Å²) in [6.45, 7) is 1.92. The van der Waals surface area contributed by atoms with Crippen LogP contribution in [-0.2, 0) is 9.59 Å². The maximum Gasteiger partial charge on any atom is 0.262 e. The molecule has 29 heavy (non-hydrogen) atoms. The van der Waals surface area contributed by atoms with Crippen LogP contribution in [0.3, 0.4) is 0 Å². The first-order chi connectivity index (χ1) is 14.0. The lowest BCUT2D eigenvalue weighted by Gasteiger charge is -2.17. The van der Waals surface area contributed by atoms with Crippen molar-refractivity contribution in [1.82, 2.24) is 0 Å². The molecule has 0 bridgehead atoms. The number of carbonyl (C=O) groups is 3. The zero-order chi connectivity index (χ0) is 20.4. The lowest BCUT2D eigenvalue weighted by Crippen LogP contribution is -2.24. The molecule has 0 aromatic heterocycles. The molecule has 2 aromatic rings. The van der Waals surface area contributed by atoms with Crippen LogP contribution in [0.4, 0.5) is 11.4 Å². The minimum atomic E-state index is -0.422. The summed E-state index contributed by atoms with van der Waals surface area (Å²) in [5.74, 6) is 0.873. The Balaban J connectivity index is 1.42. The molecule has 0 radical (unpaired) electrons. The van der Waals surface area contributed by atoms with Crippen molar-refractivity contribution in [2.24, 2.45) is 0 Å². The van der Waals surface area contributed by atoms with Crippen molar-refractivity contribution >= 4 is 29.0 Å². The fourth-order valence-electron chi connectivity index (χ4n) is 3.33. The van der Waals surface area contributed by atoms with E-state index >= 15 is 0 Å². The smallest absolute Gasteiger partial charge is 0.262 e. The maximum atomic E-state index is 12.4. The van der Waals surface area contributed by atoms with Gasteiger partial charge >= 0.3 is 0 Å². The Hall–Kier alpha value is -3.55. The van der Waals surface area contributed by atoms with Gasteiger partial charge in [-0.3, -0.25) is 14.4 Å². The van der Waals surface area contributed by atoms with Gasteiger partial charge in [-0.25, -0.2) is 0 Å². The van der Waals surface area contributed by atoms with E-state index in [2.05, 4.69) is 5.32 Å². The summed E-state index contributed by atoms with van der Waals surface area (Å²) in [5, 5.41) is 2.68. The molecule has 0 unspecified atom stereocenters. The van der Waals surface area contributed by atoms with Gasteiger partial charge in [0, 0.05) is 36.3 Å². The summed E-state index contributed by atoms with van der Waals surface area (Å²) in [5.41, 5.74) is 1.42. The SMILES string of the molecule is CC(=O)c1cc2c(cc1NC(=O)COc1cccc(N3CCCC3=O)c1)OCO2. The predicted octanol–water partition coefficient (Wildman–Crippen LogP) is 2.76. The first kappa shape index (κ1) is 18.8. The van der Waals surface area contributed by atoms with Crippen molar-refractivity contribution in [3.05, 3.63) is 42.0 Å². The summed E-state index contributed by atoms with van der Waals surface area (Å²) in [6, 6.07) is 10.2. The Kier molecular flexibility index (Phi) is 5.07. The molecule has 1 N–H and O–H groups in total. The second-order valence-corrected chi connectivity index (χ2v) is 6.79. The number of amides is 2. The minimum Gasteiger partial charge on any atom is -0.484 e. The van der Waals surface area contributed by atoms with Crippen molar-refractivity contribution in [3.8, 4) is 17.2 Å².